The van der Waals surface area contributed by atoms with Gasteiger partial charge in [-0.1, -0.05) is 12.8 Å². The Balaban J connectivity index is 1.65. The molecule has 14 heavy (non-hydrogen) atoms. The molecule has 4 nitrogen and oxygen atoms in total. The van der Waals surface area contributed by atoms with E-state index in [-0.39, 0.29) is 6.10 Å². The van der Waals surface area contributed by atoms with E-state index in [4.69, 9.17) is 0 Å². The Hall–Kier alpha value is -0.770. The quantitative estimate of drug-likeness (QED) is 0.569. The molecule has 4 heteroatoms. The number of aliphatic hydroxyl groups is 1. The van der Waals surface area contributed by atoms with Crippen LogP contribution in [0.25, 0.3) is 0 Å². The second-order valence-corrected chi connectivity index (χ2v) is 4.61. The van der Waals surface area contributed by atoms with Gasteiger partial charge in [-0.25, -0.2) is 4.99 Å². The number of rotatable bonds is 0. The lowest BCUT2D eigenvalue weighted by Gasteiger charge is -2.37. The van der Waals surface area contributed by atoms with Gasteiger partial charge < -0.3 is 15.3 Å². The highest BCUT2D eigenvalue weighted by molar-refractivity contribution is 5.83. The number of fused-ring (bicyclic) bond motifs is 1. The van der Waals surface area contributed by atoms with Gasteiger partial charge in [-0.15, -0.1) is 0 Å². The van der Waals surface area contributed by atoms with E-state index in [0.717, 1.165) is 19.0 Å². The number of aliphatic imine (C=N–C) groups is 1. The highest BCUT2D eigenvalue weighted by atomic mass is 16.3. The molecular weight excluding hydrogens is 178 g/mol. The van der Waals surface area contributed by atoms with Crippen LogP contribution in [0.3, 0.4) is 0 Å². The molecule has 2 unspecified atom stereocenters. The van der Waals surface area contributed by atoms with Crippen LogP contribution in [0.15, 0.2) is 4.99 Å². The normalized spacial score (nSPS) is 37.2. The zero-order valence-corrected chi connectivity index (χ0v) is 8.32. The molecule has 1 saturated heterocycles. The molecule has 0 bridgehead atoms. The monoisotopic (exact) mass is 195 g/mol. The smallest absolute Gasteiger partial charge is 0.194 e. The van der Waals surface area contributed by atoms with E-state index in [1.807, 2.05) is 0 Å². The van der Waals surface area contributed by atoms with E-state index in [0.29, 0.717) is 12.1 Å². The fourth-order valence-corrected chi connectivity index (χ4v) is 2.60. The molecule has 0 aromatic rings. The van der Waals surface area contributed by atoms with Crippen LogP contribution in [0.4, 0.5) is 0 Å². The van der Waals surface area contributed by atoms with Gasteiger partial charge in [0.1, 0.15) is 0 Å². The maximum atomic E-state index is 9.21. The number of nitrogens with one attached hydrogen (secondary N) is 1. The van der Waals surface area contributed by atoms with Gasteiger partial charge in [0.15, 0.2) is 5.96 Å². The van der Waals surface area contributed by atoms with Crippen molar-refractivity contribution in [2.24, 2.45) is 4.99 Å². The number of β-amino-alcohol motifs (C(OH)–C–C–N with tert-alkyl or cyclic N) is 1. The number of guanidine groups is 1. The number of nitrogens with zero attached hydrogens (tertiary/aromatic N) is 2. The van der Waals surface area contributed by atoms with E-state index in [1.54, 1.807) is 0 Å². The van der Waals surface area contributed by atoms with Crippen LogP contribution in [0.5, 0.6) is 0 Å². The zero-order chi connectivity index (χ0) is 9.54. The Morgan fingerprint density at radius 3 is 2.79 bits per heavy atom. The Kier molecular flexibility index (Phi) is 1.90. The third-order valence-corrected chi connectivity index (χ3v) is 3.49. The first-order valence-electron chi connectivity index (χ1n) is 5.60. The standard InChI is InChI=1S/C10H17N3O/c14-7-5-13(6-7)10-11-8-3-1-2-4-9(8)12-10/h7-9,14H,1-6H2,(H,11,12). The predicted octanol–water partition coefficient (Wildman–Crippen LogP) is -0.0667. The molecule has 1 saturated carbocycles. The Labute approximate surface area is 84.0 Å². The van der Waals surface area contributed by atoms with Crippen molar-refractivity contribution in [1.29, 1.82) is 0 Å². The summed E-state index contributed by atoms with van der Waals surface area (Å²) < 4.78 is 0. The molecule has 2 fully saturated rings. The van der Waals surface area contributed by atoms with Crippen LogP contribution >= 0.6 is 0 Å². The first-order valence-corrected chi connectivity index (χ1v) is 5.60. The molecule has 2 heterocycles. The number of aliphatic hydroxyl groups excluding tert-OH is 1. The summed E-state index contributed by atoms with van der Waals surface area (Å²) in [6.45, 7) is 1.51. The van der Waals surface area contributed by atoms with Gasteiger partial charge in [0, 0.05) is 13.1 Å². The third kappa shape index (κ3) is 1.29. The van der Waals surface area contributed by atoms with Crippen LogP contribution in [-0.4, -0.2) is 47.2 Å². The fourth-order valence-electron chi connectivity index (χ4n) is 2.60. The average molecular weight is 195 g/mol. The molecule has 2 atom stereocenters. The van der Waals surface area contributed by atoms with Crippen molar-refractivity contribution >= 4 is 5.96 Å². The Morgan fingerprint density at radius 1 is 1.29 bits per heavy atom. The molecule has 0 radical (unpaired) electrons. The maximum Gasteiger partial charge on any atom is 0.194 e. The highest BCUT2D eigenvalue weighted by Gasteiger charge is 2.36. The van der Waals surface area contributed by atoms with E-state index >= 15 is 0 Å². The summed E-state index contributed by atoms with van der Waals surface area (Å²) >= 11 is 0. The number of hydrogen-bond donors (Lipinski definition) is 2. The first kappa shape index (κ1) is 8.53. The van der Waals surface area contributed by atoms with Crippen molar-refractivity contribution < 1.29 is 5.11 Å². The van der Waals surface area contributed by atoms with Gasteiger partial charge >= 0.3 is 0 Å². The summed E-state index contributed by atoms with van der Waals surface area (Å²) in [5.74, 6) is 1.03. The Morgan fingerprint density at radius 2 is 2.07 bits per heavy atom. The zero-order valence-electron chi connectivity index (χ0n) is 8.32. The van der Waals surface area contributed by atoms with E-state index < -0.39 is 0 Å². The third-order valence-electron chi connectivity index (χ3n) is 3.49. The van der Waals surface area contributed by atoms with Crippen LogP contribution in [0, 0.1) is 0 Å². The average Bonchev–Trinajstić information content (AvgIpc) is 2.55. The van der Waals surface area contributed by atoms with Gasteiger partial charge in [0.2, 0.25) is 0 Å². The summed E-state index contributed by atoms with van der Waals surface area (Å²) in [5.41, 5.74) is 0. The molecule has 1 aliphatic carbocycles. The Bertz CT molecular complexity index is 260. The molecular formula is C10H17N3O. The predicted molar refractivity (Wildman–Crippen MR) is 54.2 cm³/mol. The number of hydrogen-bond acceptors (Lipinski definition) is 4. The minimum absolute atomic E-state index is 0.137. The molecule has 2 N–H and O–H groups in total. The van der Waals surface area contributed by atoms with Crippen LogP contribution < -0.4 is 5.32 Å². The fraction of sp³-hybridized carbons (Fsp3) is 0.900. The second kappa shape index (κ2) is 3.12. The summed E-state index contributed by atoms with van der Waals surface area (Å²) in [7, 11) is 0. The van der Waals surface area contributed by atoms with Gasteiger partial charge in [0.25, 0.3) is 0 Å². The van der Waals surface area contributed by atoms with Gasteiger partial charge in [-0.2, -0.15) is 0 Å². The van der Waals surface area contributed by atoms with Crippen molar-refractivity contribution in [3.05, 3.63) is 0 Å². The molecule has 78 valence electrons. The molecule has 3 rings (SSSR count). The second-order valence-electron chi connectivity index (χ2n) is 4.61. The highest BCUT2D eigenvalue weighted by Crippen LogP contribution is 2.26. The van der Waals surface area contributed by atoms with Gasteiger partial charge in [-0.3, -0.25) is 0 Å². The number of likely N-dealkylation sites (tertiary alicyclic amines) is 1. The summed E-state index contributed by atoms with van der Waals surface area (Å²) in [6.07, 6.45) is 5.01. The lowest BCUT2D eigenvalue weighted by molar-refractivity contribution is 0.0447. The maximum absolute atomic E-state index is 9.21. The van der Waals surface area contributed by atoms with Crippen LogP contribution in [0.1, 0.15) is 25.7 Å². The minimum atomic E-state index is -0.137. The lowest BCUT2D eigenvalue weighted by Crippen LogP contribution is -2.57. The van der Waals surface area contributed by atoms with E-state index in [1.165, 1.54) is 25.7 Å². The van der Waals surface area contributed by atoms with Crippen LogP contribution in [-0.2, 0) is 0 Å². The molecule has 0 spiro atoms. The summed E-state index contributed by atoms with van der Waals surface area (Å²) in [5, 5.41) is 12.7. The van der Waals surface area contributed by atoms with E-state index in [9.17, 15) is 5.11 Å². The van der Waals surface area contributed by atoms with E-state index in [2.05, 4.69) is 15.2 Å². The van der Waals surface area contributed by atoms with Crippen molar-refractivity contribution in [3.8, 4) is 0 Å². The summed E-state index contributed by atoms with van der Waals surface area (Å²) in [4.78, 5) is 6.83. The molecule has 0 aromatic heterocycles. The molecule has 2 aliphatic heterocycles. The topological polar surface area (TPSA) is 47.9 Å². The SMILES string of the molecule is OC1CN(C2=NC3CCCCC3N2)C1. The van der Waals surface area contributed by atoms with Crippen LogP contribution in [0.2, 0.25) is 0 Å². The molecule has 0 amide bonds. The molecule has 0 aromatic carbocycles. The van der Waals surface area contributed by atoms with Crippen molar-refractivity contribution in [3.63, 3.8) is 0 Å². The van der Waals surface area contributed by atoms with Crippen molar-refractivity contribution in [2.75, 3.05) is 13.1 Å². The summed E-state index contributed by atoms with van der Waals surface area (Å²) in [6, 6.07) is 1.09. The van der Waals surface area contributed by atoms with Crippen molar-refractivity contribution in [1.82, 2.24) is 10.2 Å². The van der Waals surface area contributed by atoms with Crippen molar-refractivity contribution in [2.45, 2.75) is 43.9 Å². The van der Waals surface area contributed by atoms with Gasteiger partial charge in [-0.05, 0) is 12.8 Å². The first-order chi connectivity index (χ1) is 6.83. The largest absolute Gasteiger partial charge is 0.389 e. The lowest BCUT2D eigenvalue weighted by atomic mass is 9.92. The molecule has 3 aliphatic rings. The van der Waals surface area contributed by atoms with Gasteiger partial charge in [0.05, 0.1) is 18.2 Å². The minimum Gasteiger partial charge on any atom is -0.389 e.